The smallest absolute Gasteiger partial charge is 0.254 e. The van der Waals surface area contributed by atoms with Gasteiger partial charge in [-0.15, -0.1) is 0 Å². The normalized spacial score (nSPS) is 18.9. The van der Waals surface area contributed by atoms with Crippen molar-refractivity contribution in [2.45, 2.75) is 32.6 Å². The second-order valence-corrected chi connectivity index (χ2v) is 3.75. The zero-order valence-corrected chi connectivity index (χ0v) is 8.05. The Hall–Kier alpha value is -0.280. The van der Waals surface area contributed by atoms with Crippen LogP contribution < -0.4 is 5.84 Å². The first-order chi connectivity index (χ1) is 5.66. The first kappa shape index (κ1) is 9.81. The van der Waals surface area contributed by atoms with Crippen LogP contribution in [0.5, 0.6) is 0 Å². The number of hydrazine groups is 1. The summed E-state index contributed by atoms with van der Waals surface area (Å²) in [6, 6.07) is 0. The van der Waals surface area contributed by atoms with Crippen molar-refractivity contribution >= 4 is 17.7 Å². The monoisotopic (exact) mass is 190 g/mol. The lowest BCUT2D eigenvalue weighted by atomic mass is 9.97. The third-order valence-corrected chi connectivity index (χ3v) is 2.49. The average molecular weight is 191 g/mol. The molecule has 2 N–H and O–H groups in total. The molecule has 0 heterocycles. The second-order valence-electron chi connectivity index (χ2n) is 3.38. The summed E-state index contributed by atoms with van der Waals surface area (Å²) in [5.41, 5.74) is 0. The van der Waals surface area contributed by atoms with Crippen molar-refractivity contribution in [3.05, 3.63) is 0 Å². The number of hydrogen-bond acceptors (Lipinski definition) is 2. The van der Waals surface area contributed by atoms with Crippen LogP contribution in [0.25, 0.3) is 0 Å². The summed E-state index contributed by atoms with van der Waals surface area (Å²) in [5.74, 6) is 5.67. The Morgan fingerprint density at radius 3 is 2.67 bits per heavy atom. The molecular weight excluding hydrogens is 176 g/mol. The van der Waals surface area contributed by atoms with E-state index in [0.29, 0.717) is 10.4 Å². The second kappa shape index (κ2) is 4.10. The maximum atomic E-state index is 11.4. The molecule has 1 atom stereocenters. The molecule has 1 rings (SSSR count). The minimum Gasteiger partial charge on any atom is -0.272 e. The van der Waals surface area contributed by atoms with Crippen LogP contribution in [0.2, 0.25) is 0 Å². The van der Waals surface area contributed by atoms with Crippen LogP contribution in [0, 0.1) is 11.8 Å². The van der Waals surface area contributed by atoms with Crippen molar-refractivity contribution in [2.75, 3.05) is 0 Å². The number of carbonyl (C=O) groups is 1. The quantitative estimate of drug-likeness (QED) is 0.317. The predicted octanol–water partition coefficient (Wildman–Crippen LogP) is 1.67. The molecule has 0 aliphatic heterocycles. The molecule has 0 saturated heterocycles. The van der Waals surface area contributed by atoms with Gasteiger partial charge in [0.25, 0.3) is 5.91 Å². The largest absolute Gasteiger partial charge is 0.272 e. The van der Waals surface area contributed by atoms with E-state index in [2.05, 4.69) is 6.92 Å². The van der Waals surface area contributed by atoms with Gasteiger partial charge in [-0.1, -0.05) is 13.3 Å². The molecule has 0 bridgehead atoms. The fourth-order valence-electron chi connectivity index (χ4n) is 1.53. The van der Waals surface area contributed by atoms with Crippen LogP contribution in [0.3, 0.4) is 0 Å². The summed E-state index contributed by atoms with van der Waals surface area (Å²) < 4.78 is 0.707. The topological polar surface area (TPSA) is 46.3 Å². The highest BCUT2D eigenvalue weighted by Gasteiger charge is 2.36. The molecule has 1 saturated carbocycles. The van der Waals surface area contributed by atoms with Gasteiger partial charge in [0.15, 0.2) is 0 Å². The maximum Gasteiger partial charge on any atom is 0.254 e. The van der Waals surface area contributed by atoms with Gasteiger partial charge < -0.3 is 0 Å². The van der Waals surface area contributed by atoms with Crippen LogP contribution in [0.15, 0.2) is 0 Å². The third-order valence-electron chi connectivity index (χ3n) is 2.32. The lowest BCUT2D eigenvalue weighted by molar-refractivity contribution is -0.131. The van der Waals surface area contributed by atoms with Gasteiger partial charge in [0.1, 0.15) is 0 Å². The van der Waals surface area contributed by atoms with E-state index in [-0.39, 0.29) is 11.8 Å². The SMILES string of the molecule is CCCC(C(=O)N(N)Cl)C1CC1. The fraction of sp³-hybridized carbons (Fsp3) is 0.875. The third kappa shape index (κ3) is 2.35. The minimum atomic E-state index is -0.124. The van der Waals surface area contributed by atoms with Crippen molar-refractivity contribution in [3.63, 3.8) is 0 Å². The lowest BCUT2D eigenvalue weighted by Gasteiger charge is -2.16. The summed E-state index contributed by atoms with van der Waals surface area (Å²) in [6.07, 6.45) is 4.23. The molecule has 0 aromatic heterocycles. The zero-order chi connectivity index (χ0) is 9.14. The van der Waals surface area contributed by atoms with Crippen LogP contribution in [0.4, 0.5) is 0 Å². The molecule has 1 amide bonds. The maximum absolute atomic E-state index is 11.4. The molecule has 3 nitrogen and oxygen atoms in total. The Morgan fingerprint density at radius 1 is 1.75 bits per heavy atom. The Balaban J connectivity index is 2.46. The molecule has 1 fully saturated rings. The highest BCUT2D eigenvalue weighted by molar-refractivity contribution is 6.20. The molecule has 1 aliphatic carbocycles. The van der Waals surface area contributed by atoms with Gasteiger partial charge in [-0.2, -0.15) is 4.53 Å². The molecule has 0 aromatic rings. The Morgan fingerprint density at radius 2 is 2.33 bits per heavy atom. The van der Waals surface area contributed by atoms with Crippen molar-refractivity contribution in [1.82, 2.24) is 4.53 Å². The summed E-state index contributed by atoms with van der Waals surface area (Å²) in [5, 5.41) is 0. The average Bonchev–Trinajstić information content (AvgIpc) is 2.81. The summed E-state index contributed by atoms with van der Waals surface area (Å²) in [4.78, 5) is 11.4. The fourth-order valence-corrected chi connectivity index (χ4v) is 1.65. The van der Waals surface area contributed by atoms with E-state index in [9.17, 15) is 4.79 Å². The van der Waals surface area contributed by atoms with Crippen molar-refractivity contribution < 1.29 is 4.79 Å². The molecular formula is C8H15ClN2O. The van der Waals surface area contributed by atoms with Gasteiger partial charge in [0.05, 0.1) is 0 Å². The molecule has 0 aromatic carbocycles. The molecule has 0 radical (unpaired) electrons. The molecule has 4 heteroatoms. The van der Waals surface area contributed by atoms with Crippen molar-refractivity contribution in [2.24, 2.45) is 17.7 Å². The van der Waals surface area contributed by atoms with E-state index in [4.69, 9.17) is 17.6 Å². The lowest BCUT2D eigenvalue weighted by Crippen LogP contribution is -2.34. The summed E-state index contributed by atoms with van der Waals surface area (Å²) in [6.45, 7) is 2.07. The molecule has 1 unspecified atom stereocenters. The van der Waals surface area contributed by atoms with Gasteiger partial charge in [-0.05, 0) is 25.2 Å². The van der Waals surface area contributed by atoms with Gasteiger partial charge in [0.2, 0.25) is 0 Å². The number of halogens is 1. The molecule has 1 aliphatic rings. The molecule has 0 spiro atoms. The van der Waals surface area contributed by atoms with E-state index < -0.39 is 0 Å². The predicted molar refractivity (Wildman–Crippen MR) is 48.0 cm³/mol. The van der Waals surface area contributed by atoms with E-state index in [1.165, 1.54) is 0 Å². The Kier molecular flexibility index (Phi) is 3.35. The molecule has 12 heavy (non-hydrogen) atoms. The number of carbonyl (C=O) groups excluding carboxylic acids is 1. The summed E-state index contributed by atoms with van der Waals surface area (Å²) in [7, 11) is 0. The zero-order valence-electron chi connectivity index (χ0n) is 7.29. The van der Waals surface area contributed by atoms with E-state index in [1.54, 1.807) is 0 Å². The minimum absolute atomic E-state index is 0.0671. The number of nitrogens with zero attached hydrogens (tertiary/aromatic N) is 1. The van der Waals surface area contributed by atoms with Gasteiger partial charge in [0, 0.05) is 17.7 Å². The Bertz CT molecular complexity index is 168. The van der Waals surface area contributed by atoms with Crippen LogP contribution in [-0.2, 0) is 4.79 Å². The first-order valence-electron chi connectivity index (χ1n) is 4.41. The number of amides is 1. The van der Waals surface area contributed by atoms with E-state index >= 15 is 0 Å². The van der Waals surface area contributed by atoms with Crippen LogP contribution >= 0.6 is 11.8 Å². The summed E-state index contributed by atoms with van der Waals surface area (Å²) >= 11 is 5.39. The Labute approximate surface area is 77.9 Å². The van der Waals surface area contributed by atoms with E-state index in [1.807, 2.05) is 0 Å². The standard InChI is InChI=1S/C8H15ClN2O/c1-2-3-7(6-4-5-6)8(12)11(9)10/h6-7H,2-5,10H2,1H3. The van der Waals surface area contributed by atoms with Crippen LogP contribution in [0.1, 0.15) is 32.6 Å². The highest BCUT2D eigenvalue weighted by atomic mass is 35.5. The number of nitrogens with two attached hydrogens (primary N) is 1. The molecule has 70 valence electrons. The first-order valence-corrected chi connectivity index (χ1v) is 4.75. The number of rotatable bonds is 4. The van der Waals surface area contributed by atoms with Crippen molar-refractivity contribution in [3.8, 4) is 0 Å². The van der Waals surface area contributed by atoms with E-state index in [0.717, 1.165) is 25.7 Å². The van der Waals surface area contributed by atoms with Gasteiger partial charge in [-0.3, -0.25) is 4.79 Å². The van der Waals surface area contributed by atoms with Gasteiger partial charge >= 0.3 is 0 Å². The van der Waals surface area contributed by atoms with Crippen molar-refractivity contribution in [1.29, 1.82) is 0 Å². The highest BCUT2D eigenvalue weighted by Crippen LogP contribution is 2.39. The number of hydrogen-bond donors (Lipinski definition) is 1. The van der Waals surface area contributed by atoms with Gasteiger partial charge in [-0.25, -0.2) is 5.84 Å². The van der Waals surface area contributed by atoms with Crippen LogP contribution in [-0.4, -0.2) is 10.4 Å².